The van der Waals surface area contributed by atoms with Crippen LogP contribution in [0.1, 0.15) is 19.8 Å². The van der Waals surface area contributed by atoms with Gasteiger partial charge in [0.25, 0.3) is 0 Å². The third-order valence-electron chi connectivity index (χ3n) is 3.04. The summed E-state index contributed by atoms with van der Waals surface area (Å²) in [7, 11) is -3.57. The van der Waals surface area contributed by atoms with Crippen LogP contribution in [0.25, 0.3) is 0 Å². The van der Waals surface area contributed by atoms with E-state index >= 15 is 0 Å². The van der Waals surface area contributed by atoms with E-state index in [2.05, 4.69) is 4.72 Å². The van der Waals surface area contributed by atoms with Crippen molar-refractivity contribution >= 4 is 21.6 Å². The smallest absolute Gasteiger partial charge is 0.240 e. The van der Waals surface area contributed by atoms with Gasteiger partial charge in [0.2, 0.25) is 10.0 Å². The first-order chi connectivity index (χ1) is 9.53. The Morgan fingerprint density at radius 2 is 2.30 bits per heavy atom. The van der Waals surface area contributed by atoms with E-state index in [9.17, 15) is 8.42 Å². The normalized spacial score (nSPS) is 19.2. The summed E-state index contributed by atoms with van der Waals surface area (Å²) in [6, 6.07) is 4.44. The van der Waals surface area contributed by atoms with Crippen LogP contribution >= 0.6 is 11.6 Å². The molecule has 5 nitrogen and oxygen atoms in total. The van der Waals surface area contributed by atoms with Gasteiger partial charge in [-0.05, 0) is 38.0 Å². The van der Waals surface area contributed by atoms with Crippen molar-refractivity contribution < 1.29 is 17.9 Å². The van der Waals surface area contributed by atoms with Crippen molar-refractivity contribution in [3.8, 4) is 5.75 Å². The highest BCUT2D eigenvalue weighted by Crippen LogP contribution is 2.27. The van der Waals surface area contributed by atoms with Crippen molar-refractivity contribution in [2.24, 2.45) is 0 Å². The van der Waals surface area contributed by atoms with Crippen LogP contribution < -0.4 is 9.46 Å². The molecule has 1 atom stereocenters. The predicted molar refractivity (Wildman–Crippen MR) is 76.8 cm³/mol. The Balaban J connectivity index is 2.06. The molecule has 1 aliphatic heterocycles. The molecule has 0 aliphatic carbocycles. The van der Waals surface area contributed by atoms with Gasteiger partial charge in [-0.1, -0.05) is 11.6 Å². The van der Waals surface area contributed by atoms with E-state index < -0.39 is 10.0 Å². The molecule has 0 amide bonds. The molecule has 7 heteroatoms. The largest absolute Gasteiger partial charge is 0.492 e. The number of nitrogens with one attached hydrogen (secondary N) is 1. The van der Waals surface area contributed by atoms with E-state index in [1.54, 1.807) is 6.07 Å². The van der Waals surface area contributed by atoms with Gasteiger partial charge in [0.1, 0.15) is 5.75 Å². The van der Waals surface area contributed by atoms with Gasteiger partial charge in [-0.15, -0.1) is 0 Å². The molecule has 0 aromatic heterocycles. The average Bonchev–Trinajstić information content (AvgIpc) is 2.92. The van der Waals surface area contributed by atoms with E-state index in [1.165, 1.54) is 12.1 Å². The van der Waals surface area contributed by atoms with Crippen LogP contribution in [-0.2, 0) is 14.8 Å². The van der Waals surface area contributed by atoms with Gasteiger partial charge in [0.05, 0.1) is 22.6 Å². The molecule has 1 unspecified atom stereocenters. The minimum Gasteiger partial charge on any atom is -0.492 e. The Kier molecular flexibility index (Phi) is 5.26. The van der Waals surface area contributed by atoms with Crippen molar-refractivity contribution in [2.75, 3.05) is 19.8 Å². The van der Waals surface area contributed by atoms with Gasteiger partial charge in [-0.2, -0.15) is 0 Å². The topological polar surface area (TPSA) is 64.6 Å². The molecule has 0 spiro atoms. The van der Waals surface area contributed by atoms with E-state index in [0.717, 1.165) is 12.8 Å². The second kappa shape index (κ2) is 6.76. The zero-order valence-electron chi connectivity index (χ0n) is 11.3. The number of hydrogen-bond acceptors (Lipinski definition) is 4. The van der Waals surface area contributed by atoms with Crippen LogP contribution in [-0.4, -0.2) is 34.3 Å². The van der Waals surface area contributed by atoms with Crippen LogP contribution in [0.4, 0.5) is 0 Å². The van der Waals surface area contributed by atoms with Crippen molar-refractivity contribution in [1.82, 2.24) is 4.72 Å². The molecule has 1 saturated heterocycles. The molecule has 1 N–H and O–H groups in total. The van der Waals surface area contributed by atoms with Crippen molar-refractivity contribution in [2.45, 2.75) is 30.8 Å². The van der Waals surface area contributed by atoms with Crippen LogP contribution in [0.3, 0.4) is 0 Å². The third-order valence-corrected chi connectivity index (χ3v) is 4.76. The van der Waals surface area contributed by atoms with Gasteiger partial charge in [0, 0.05) is 13.2 Å². The fourth-order valence-electron chi connectivity index (χ4n) is 2.01. The zero-order valence-corrected chi connectivity index (χ0v) is 12.8. The van der Waals surface area contributed by atoms with E-state index in [0.29, 0.717) is 19.0 Å². The highest BCUT2D eigenvalue weighted by Gasteiger charge is 2.21. The lowest BCUT2D eigenvalue weighted by molar-refractivity contribution is 0.114. The number of ether oxygens (including phenoxy) is 2. The first kappa shape index (κ1) is 15.6. The maximum absolute atomic E-state index is 12.1. The lowest BCUT2D eigenvalue weighted by Crippen LogP contribution is -2.31. The molecule has 1 aromatic carbocycles. The van der Waals surface area contributed by atoms with E-state index in [4.69, 9.17) is 21.1 Å². The molecule has 2 rings (SSSR count). The Morgan fingerprint density at radius 1 is 1.50 bits per heavy atom. The average molecular weight is 320 g/mol. The van der Waals surface area contributed by atoms with E-state index in [1.807, 2.05) is 6.92 Å². The summed E-state index contributed by atoms with van der Waals surface area (Å²) in [6.45, 7) is 3.29. The zero-order chi connectivity index (χ0) is 14.6. The number of rotatable bonds is 6. The fourth-order valence-corrected chi connectivity index (χ4v) is 3.40. The molecule has 0 saturated carbocycles. The molecule has 0 bridgehead atoms. The molecule has 112 valence electrons. The number of sulfonamides is 1. The molecule has 0 radical (unpaired) electrons. The first-order valence-electron chi connectivity index (χ1n) is 6.56. The quantitative estimate of drug-likeness (QED) is 0.873. The summed E-state index contributed by atoms with van der Waals surface area (Å²) < 4.78 is 37.5. The highest BCUT2D eigenvalue weighted by molar-refractivity contribution is 7.89. The minimum atomic E-state index is -3.57. The van der Waals surface area contributed by atoms with Crippen molar-refractivity contribution in [3.05, 3.63) is 23.2 Å². The summed E-state index contributed by atoms with van der Waals surface area (Å²) in [6.07, 6.45) is 1.82. The Labute approximate surface area is 124 Å². The Morgan fingerprint density at radius 3 is 2.90 bits per heavy atom. The second-order valence-corrected chi connectivity index (χ2v) is 6.69. The van der Waals surface area contributed by atoms with Gasteiger partial charge < -0.3 is 9.47 Å². The highest BCUT2D eigenvalue weighted by atomic mass is 35.5. The Hall–Kier alpha value is -0.820. The fraction of sp³-hybridized carbons (Fsp3) is 0.538. The van der Waals surface area contributed by atoms with Crippen LogP contribution in [0.2, 0.25) is 5.02 Å². The first-order valence-corrected chi connectivity index (χ1v) is 8.42. The lowest BCUT2D eigenvalue weighted by Gasteiger charge is -2.12. The van der Waals surface area contributed by atoms with Crippen LogP contribution in [0.15, 0.2) is 23.1 Å². The summed E-state index contributed by atoms with van der Waals surface area (Å²) in [5, 5.41) is 0.284. The summed E-state index contributed by atoms with van der Waals surface area (Å²) >= 11 is 6.00. The van der Waals surface area contributed by atoms with Crippen LogP contribution in [0.5, 0.6) is 5.75 Å². The van der Waals surface area contributed by atoms with Gasteiger partial charge in [-0.25, -0.2) is 13.1 Å². The SMILES string of the molecule is CCOc1ccc(S(=O)(=O)NCC2CCCO2)cc1Cl. The number of halogens is 1. The number of hydrogen-bond donors (Lipinski definition) is 1. The summed E-state index contributed by atoms with van der Waals surface area (Å²) in [5.74, 6) is 0.479. The lowest BCUT2D eigenvalue weighted by atomic mass is 10.2. The minimum absolute atomic E-state index is 0.0389. The maximum Gasteiger partial charge on any atom is 0.240 e. The Bertz CT molecular complexity index is 555. The predicted octanol–water partition coefficient (Wildman–Crippen LogP) is 2.20. The summed E-state index contributed by atoms with van der Waals surface area (Å²) in [5.41, 5.74) is 0. The number of benzene rings is 1. The molecule has 20 heavy (non-hydrogen) atoms. The molecular weight excluding hydrogens is 302 g/mol. The monoisotopic (exact) mass is 319 g/mol. The van der Waals surface area contributed by atoms with Crippen molar-refractivity contribution in [1.29, 1.82) is 0 Å². The van der Waals surface area contributed by atoms with Crippen LogP contribution in [0, 0.1) is 0 Å². The van der Waals surface area contributed by atoms with Crippen molar-refractivity contribution in [3.63, 3.8) is 0 Å². The molecule has 1 aliphatic rings. The van der Waals surface area contributed by atoms with Gasteiger partial charge in [0.15, 0.2) is 0 Å². The van der Waals surface area contributed by atoms with E-state index in [-0.39, 0.29) is 22.6 Å². The third kappa shape index (κ3) is 3.85. The molecule has 1 aromatic rings. The van der Waals surface area contributed by atoms with Gasteiger partial charge in [-0.3, -0.25) is 0 Å². The second-order valence-electron chi connectivity index (χ2n) is 4.51. The molecular formula is C13H18ClNO4S. The molecule has 1 heterocycles. The summed E-state index contributed by atoms with van der Waals surface area (Å²) in [4.78, 5) is 0.129. The van der Waals surface area contributed by atoms with Gasteiger partial charge >= 0.3 is 0 Å². The standard InChI is InChI=1S/C13H18ClNO4S/c1-2-18-13-6-5-11(8-12(13)14)20(16,17)15-9-10-4-3-7-19-10/h5-6,8,10,15H,2-4,7,9H2,1H3. The molecule has 1 fully saturated rings. The maximum atomic E-state index is 12.1.